The van der Waals surface area contributed by atoms with Gasteiger partial charge < -0.3 is 15.0 Å². The average Bonchev–Trinajstić information content (AvgIpc) is 3.64. The normalized spacial score (nSPS) is 15.5. The van der Waals surface area contributed by atoms with Gasteiger partial charge in [0.15, 0.2) is 0 Å². The van der Waals surface area contributed by atoms with Crippen molar-refractivity contribution in [3.8, 4) is 5.75 Å². The minimum absolute atomic E-state index is 0.0419. The van der Waals surface area contributed by atoms with Crippen molar-refractivity contribution in [3.05, 3.63) is 71.6 Å². The van der Waals surface area contributed by atoms with E-state index in [9.17, 15) is 4.79 Å². The number of hydrogen-bond donors (Lipinski definition) is 1. The van der Waals surface area contributed by atoms with E-state index >= 15 is 0 Å². The molecule has 5 aromatic rings. The zero-order valence-electron chi connectivity index (χ0n) is 24.3. The largest absolute Gasteiger partial charge is 0.475 e. The van der Waals surface area contributed by atoms with Crippen LogP contribution in [0.1, 0.15) is 41.4 Å². The molecule has 1 saturated heterocycles. The monoisotopic (exact) mass is 555 g/mol. The minimum Gasteiger partial charge on any atom is -0.475 e. The van der Waals surface area contributed by atoms with Crippen molar-refractivity contribution in [1.29, 1.82) is 0 Å². The van der Waals surface area contributed by atoms with E-state index in [0.29, 0.717) is 17.9 Å². The summed E-state index contributed by atoms with van der Waals surface area (Å²) in [6, 6.07) is 11.7. The third-order valence-corrected chi connectivity index (χ3v) is 7.99. The molecule has 0 radical (unpaired) electrons. The van der Waals surface area contributed by atoms with Crippen LogP contribution in [0.5, 0.6) is 5.75 Å². The summed E-state index contributed by atoms with van der Waals surface area (Å²) in [5, 5.41) is 13.5. The summed E-state index contributed by atoms with van der Waals surface area (Å²) in [6.45, 7) is 10.7. The number of amides is 1. The number of imidazole rings is 1. The second-order valence-electron chi connectivity index (χ2n) is 10.8. The lowest BCUT2D eigenvalue weighted by molar-refractivity contribution is 0.00907. The van der Waals surface area contributed by atoms with Crippen LogP contribution in [0.25, 0.3) is 16.6 Å². The van der Waals surface area contributed by atoms with E-state index in [4.69, 9.17) is 9.84 Å². The van der Waals surface area contributed by atoms with Crippen molar-refractivity contribution in [1.82, 2.24) is 38.7 Å². The van der Waals surface area contributed by atoms with Gasteiger partial charge in [-0.1, -0.05) is 13.0 Å². The number of nitrogens with zero attached hydrogens (tertiary/aromatic N) is 8. The van der Waals surface area contributed by atoms with E-state index in [-0.39, 0.29) is 12.1 Å². The Labute approximate surface area is 239 Å². The van der Waals surface area contributed by atoms with Gasteiger partial charge in [0.1, 0.15) is 23.3 Å². The van der Waals surface area contributed by atoms with Crippen LogP contribution in [0.4, 0.5) is 5.69 Å². The first-order valence-corrected chi connectivity index (χ1v) is 14.2. The van der Waals surface area contributed by atoms with Crippen LogP contribution in [0, 0.1) is 6.92 Å². The average molecular weight is 556 g/mol. The van der Waals surface area contributed by atoms with E-state index in [2.05, 4.69) is 52.2 Å². The maximum absolute atomic E-state index is 13.5. The highest BCUT2D eigenvalue weighted by atomic mass is 16.5. The molecule has 1 N–H and O–H groups in total. The lowest BCUT2D eigenvalue weighted by atomic mass is 10.1. The van der Waals surface area contributed by atoms with Crippen LogP contribution in [0.3, 0.4) is 0 Å². The lowest BCUT2D eigenvalue weighted by Crippen LogP contribution is -2.49. The van der Waals surface area contributed by atoms with Crippen molar-refractivity contribution in [2.45, 2.75) is 40.0 Å². The molecule has 5 heterocycles. The lowest BCUT2D eigenvalue weighted by Gasteiger charge is -2.36. The fourth-order valence-electron chi connectivity index (χ4n) is 5.49. The molecular formula is C30H37N9O2. The number of nitrogens with one attached hydrogen (secondary N) is 1. The number of hydrogen-bond acceptors (Lipinski definition) is 7. The third-order valence-electron chi connectivity index (χ3n) is 7.99. The molecule has 0 saturated carbocycles. The number of piperazine rings is 1. The molecule has 0 aliphatic carbocycles. The predicted octanol–water partition coefficient (Wildman–Crippen LogP) is 3.56. The smallest absolute Gasteiger partial charge is 0.274 e. The van der Waals surface area contributed by atoms with E-state index in [0.717, 1.165) is 72.0 Å². The molecule has 1 atom stereocenters. The fraction of sp³-hybridized carbons (Fsp3) is 0.400. The number of aryl methyl sites for hydroxylation is 3. The summed E-state index contributed by atoms with van der Waals surface area (Å²) in [7, 11) is 4.08. The first kappa shape index (κ1) is 27.0. The number of carbonyl (C=O) groups is 1. The second kappa shape index (κ2) is 11.0. The Morgan fingerprint density at radius 3 is 2.63 bits per heavy atom. The van der Waals surface area contributed by atoms with Gasteiger partial charge in [-0.25, -0.2) is 4.98 Å². The summed E-state index contributed by atoms with van der Waals surface area (Å²) in [5.74, 6) is 0.494. The topological polar surface area (TPSA) is 97.8 Å². The highest BCUT2D eigenvalue weighted by Gasteiger charge is 2.22. The van der Waals surface area contributed by atoms with Crippen LogP contribution >= 0.6 is 0 Å². The molecule has 0 bridgehead atoms. The summed E-state index contributed by atoms with van der Waals surface area (Å²) < 4.78 is 11.8. The number of pyridine rings is 1. The van der Waals surface area contributed by atoms with Gasteiger partial charge in [0.05, 0.1) is 35.3 Å². The molecule has 11 heteroatoms. The molecule has 214 valence electrons. The molecule has 1 aliphatic heterocycles. The van der Waals surface area contributed by atoms with Gasteiger partial charge >= 0.3 is 0 Å². The highest BCUT2D eigenvalue weighted by molar-refractivity contribution is 6.08. The van der Waals surface area contributed by atoms with Crippen LogP contribution in [0.2, 0.25) is 0 Å². The molecule has 6 rings (SSSR count). The number of fused-ring (bicyclic) bond motifs is 2. The Kier molecular flexibility index (Phi) is 7.22. The Morgan fingerprint density at radius 1 is 1.10 bits per heavy atom. The first-order chi connectivity index (χ1) is 19.8. The number of anilines is 1. The van der Waals surface area contributed by atoms with Gasteiger partial charge in [0.25, 0.3) is 5.91 Å². The standard InChI is InChI=1S/C30H37N9O2/c1-6-24-29-25(8-7-9-26(29)39(34-24)19-22-16-20(2)36(5)33-22)32-30(40)27-18-31-28-17-23(10-11-38(27)28)41-21(3)37-14-12-35(4)13-15-37/h7-11,16-18,21H,6,12-15,19H2,1-5H3,(H,32,40). The van der Waals surface area contributed by atoms with Gasteiger partial charge in [0, 0.05) is 56.6 Å². The first-order valence-electron chi connectivity index (χ1n) is 14.2. The summed E-state index contributed by atoms with van der Waals surface area (Å²) >= 11 is 0. The fourth-order valence-corrected chi connectivity index (χ4v) is 5.49. The highest BCUT2D eigenvalue weighted by Crippen LogP contribution is 2.29. The quantitative estimate of drug-likeness (QED) is 0.313. The minimum atomic E-state index is -0.236. The van der Waals surface area contributed by atoms with Gasteiger partial charge in [-0.15, -0.1) is 0 Å². The molecule has 1 amide bonds. The van der Waals surface area contributed by atoms with E-state index in [1.165, 1.54) is 0 Å². The molecule has 1 aliphatic rings. The van der Waals surface area contributed by atoms with Crippen molar-refractivity contribution in [2.75, 3.05) is 38.5 Å². The van der Waals surface area contributed by atoms with E-state index in [1.54, 1.807) is 10.6 Å². The number of carbonyl (C=O) groups excluding carboxylic acids is 1. The van der Waals surface area contributed by atoms with Crippen molar-refractivity contribution >= 4 is 28.1 Å². The molecule has 11 nitrogen and oxygen atoms in total. The number of aromatic nitrogens is 6. The summed E-state index contributed by atoms with van der Waals surface area (Å²) in [4.78, 5) is 22.7. The van der Waals surface area contributed by atoms with Crippen molar-refractivity contribution in [2.24, 2.45) is 7.05 Å². The van der Waals surface area contributed by atoms with Crippen LogP contribution in [-0.2, 0) is 20.0 Å². The Bertz CT molecular complexity index is 1690. The van der Waals surface area contributed by atoms with Gasteiger partial charge in [0.2, 0.25) is 0 Å². The number of ether oxygens (including phenoxy) is 1. The van der Waals surface area contributed by atoms with E-state index in [1.807, 2.05) is 59.9 Å². The van der Waals surface area contributed by atoms with Gasteiger partial charge in [-0.2, -0.15) is 10.2 Å². The van der Waals surface area contributed by atoms with Crippen LogP contribution in [0.15, 0.2) is 48.8 Å². The van der Waals surface area contributed by atoms with E-state index < -0.39 is 0 Å². The second-order valence-corrected chi connectivity index (χ2v) is 10.8. The molecular weight excluding hydrogens is 518 g/mol. The number of rotatable bonds is 8. The van der Waals surface area contributed by atoms with Gasteiger partial charge in [-0.05, 0) is 51.6 Å². The summed E-state index contributed by atoms with van der Waals surface area (Å²) in [6.07, 6.45) is 4.14. The Hall–Kier alpha value is -4.22. The molecule has 4 aromatic heterocycles. The molecule has 41 heavy (non-hydrogen) atoms. The number of likely N-dealkylation sites (N-methyl/N-ethyl adjacent to an activating group) is 1. The van der Waals surface area contributed by atoms with Crippen LogP contribution in [-0.4, -0.2) is 84.1 Å². The maximum Gasteiger partial charge on any atom is 0.274 e. The maximum atomic E-state index is 13.5. The predicted molar refractivity (Wildman–Crippen MR) is 158 cm³/mol. The van der Waals surface area contributed by atoms with Crippen molar-refractivity contribution < 1.29 is 9.53 Å². The SMILES string of the molecule is CCc1nn(Cc2cc(C)n(C)n2)c2cccc(NC(=O)c3cnc4cc(OC(C)N5CCN(C)CC5)ccn34)c12. The molecule has 1 fully saturated rings. The summed E-state index contributed by atoms with van der Waals surface area (Å²) in [5.41, 5.74) is 5.75. The Balaban J connectivity index is 1.22. The number of benzene rings is 1. The Morgan fingerprint density at radius 2 is 1.90 bits per heavy atom. The van der Waals surface area contributed by atoms with Gasteiger partial charge in [-0.3, -0.25) is 23.5 Å². The van der Waals surface area contributed by atoms with Crippen LogP contribution < -0.4 is 10.1 Å². The molecule has 1 aromatic carbocycles. The zero-order chi connectivity index (χ0) is 28.7. The van der Waals surface area contributed by atoms with Crippen molar-refractivity contribution in [3.63, 3.8) is 0 Å². The third kappa shape index (κ3) is 5.30. The molecule has 1 unspecified atom stereocenters. The molecule has 0 spiro atoms. The zero-order valence-corrected chi connectivity index (χ0v) is 24.3.